The van der Waals surface area contributed by atoms with E-state index in [1.165, 1.54) is 0 Å². The van der Waals surface area contributed by atoms with Gasteiger partial charge in [0.15, 0.2) is 0 Å². The summed E-state index contributed by atoms with van der Waals surface area (Å²) in [5, 5.41) is 6.45. The largest absolute Gasteiger partial charge is 0.338 e. The van der Waals surface area contributed by atoms with Crippen LogP contribution in [0.25, 0.3) is 0 Å². The fraction of sp³-hybridized carbons (Fsp3) is 0.636. The van der Waals surface area contributed by atoms with Crippen LogP contribution in [0.3, 0.4) is 0 Å². The molecular formula is C11H18N4O. The summed E-state index contributed by atoms with van der Waals surface area (Å²) < 4.78 is 0. The average molecular weight is 222 g/mol. The summed E-state index contributed by atoms with van der Waals surface area (Å²) in [4.78, 5) is 13.9. The second-order valence-electron chi connectivity index (χ2n) is 4.40. The third-order valence-corrected chi connectivity index (χ3v) is 3.48. The number of nitrogens with zero attached hydrogens (tertiary/aromatic N) is 2. The standard InChI is InChI=1S/C11H18N4O/c1-15(10-4-2-3-8(10)5-12)11(16)9-6-13-14-7-9/h6-8,10H,2-5,12H2,1H3,(H,13,14). The van der Waals surface area contributed by atoms with E-state index in [4.69, 9.17) is 5.73 Å². The van der Waals surface area contributed by atoms with Crippen LogP contribution in [0.1, 0.15) is 29.6 Å². The lowest BCUT2D eigenvalue weighted by Crippen LogP contribution is -2.41. The van der Waals surface area contributed by atoms with Gasteiger partial charge in [-0.25, -0.2) is 0 Å². The van der Waals surface area contributed by atoms with E-state index in [9.17, 15) is 4.79 Å². The number of H-pyrrole nitrogens is 1. The van der Waals surface area contributed by atoms with Gasteiger partial charge in [0.1, 0.15) is 0 Å². The van der Waals surface area contributed by atoms with Gasteiger partial charge in [0.05, 0.1) is 11.8 Å². The lowest BCUT2D eigenvalue weighted by Gasteiger charge is -2.28. The number of aromatic nitrogens is 2. The highest BCUT2D eigenvalue weighted by Gasteiger charge is 2.32. The van der Waals surface area contributed by atoms with E-state index in [0.717, 1.165) is 19.3 Å². The molecule has 1 aliphatic rings. The third kappa shape index (κ3) is 1.95. The molecule has 5 heteroatoms. The summed E-state index contributed by atoms with van der Waals surface area (Å²) in [7, 11) is 1.86. The van der Waals surface area contributed by atoms with Crippen LogP contribution in [-0.4, -0.2) is 40.6 Å². The number of carbonyl (C=O) groups is 1. The number of carbonyl (C=O) groups excluding carboxylic acids is 1. The summed E-state index contributed by atoms with van der Waals surface area (Å²) >= 11 is 0. The van der Waals surface area contributed by atoms with Crippen molar-refractivity contribution in [3.63, 3.8) is 0 Å². The molecule has 0 aliphatic heterocycles. The predicted octanol–water partition coefficient (Wildman–Crippen LogP) is 0.609. The maximum Gasteiger partial charge on any atom is 0.257 e. The highest BCUT2D eigenvalue weighted by atomic mass is 16.2. The number of rotatable bonds is 3. The van der Waals surface area contributed by atoms with Crippen molar-refractivity contribution in [2.75, 3.05) is 13.6 Å². The Kier molecular flexibility index (Phi) is 3.24. The number of hydrogen-bond donors (Lipinski definition) is 2. The minimum atomic E-state index is 0.0269. The fourth-order valence-corrected chi connectivity index (χ4v) is 2.52. The Bertz CT molecular complexity index is 349. The predicted molar refractivity (Wildman–Crippen MR) is 60.9 cm³/mol. The van der Waals surface area contributed by atoms with E-state index in [1.807, 2.05) is 11.9 Å². The van der Waals surface area contributed by atoms with Crippen molar-refractivity contribution in [2.45, 2.75) is 25.3 Å². The van der Waals surface area contributed by atoms with E-state index in [1.54, 1.807) is 12.4 Å². The molecule has 1 aromatic rings. The fourth-order valence-electron chi connectivity index (χ4n) is 2.52. The van der Waals surface area contributed by atoms with Crippen molar-refractivity contribution >= 4 is 5.91 Å². The van der Waals surface area contributed by atoms with E-state index in [-0.39, 0.29) is 11.9 Å². The van der Waals surface area contributed by atoms with E-state index < -0.39 is 0 Å². The zero-order valence-electron chi connectivity index (χ0n) is 9.52. The first kappa shape index (κ1) is 11.1. The first-order valence-corrected chi connectivity index (χ1v) is 5.70. The van der Waals surface area contributed by atoms with Crippen molar-refractivity contribution in [3.05, 3.63) is 18.0 Å². The number of hydrogen-bond acceptors (Lipinski definition) is 3. The number of aromatic amines is 1. The Morgan fingerprint density at radius 1 is 1.69 bits per heavy atom. The van der Waals surface area contributed by atoms with Gasteiger partial charge in [-0.05, 0) is 25.3 Å². The highest BCUT2D eigenvalue weighted by Crippen LogP contribution is 2.29. The Morgan fingerprint density at radius 2 is 2.50 bits per heavy atom. The Labute approximate surface area is 95.0 Å². The topological polar surface area (TPSA) is 75.0 Å². The molecule has 1 saturated carbocycles. The molecule has 88 valence electrons. The normalized spacial score (nSPS) is 24.6. The molecule has 3 N–H and O–H groups in total. The smallest absolute Gasteiger partial charge is 0.257 e. The third-order valence-electron chi connectivity index (χ3n) is 3.48. The molecule has 2 atom stereocenters. The SMILES string of the molecule is CN(C(=O)c1cn[nH]c1)C1CCCC1CN. The van der Waals surface area contributed by atoms with Crippen LogP contribution in [0.15, 0.2) is 12.4 Å². The lowest BCUT2D eigenvalue weighted by molar-refractivity contribution is 0.0700. The number of nitrogens with one attached hydrogen (secondary N) is 1. The van der Waals surface area contributed by atoms with E-state index >= 15 is 0 Å². The van der Waals surface area contributed by atoms with Crippen LogP contribution in [0.5, 0.6) is 0 Å². The number of nitrogens with two attached hydrogens (primary N) is 1. The lowest BCUT2D eigenvalue weighted by atomic mass is 10.0. The number of amides is 1. The molecule has 1 amide bonds. The molecular weight excluding hydrogens is 204 g/mol. The molecule has 16 heavy (non-hydrogen) atoms. The van der Waals surface area contributed by atoms with Crippen molar-refractivity contribution in [2.24, 2.45) is 11.7 Å². The molecule has 1 fully saturated rings. The Morgan fingerprint density at radius 3 is 3.12 bits per heavy atom. The Balaban J connectivity index is 2.07. The van der Waals surface area contributed by atoms with Gasteiger partial charge in [-0.15, -0.1) is 0 Å². The van der Waals surface area contributed by atoms with Gasteiger partial charge < -0.3 is 10.6 Å². The van der Waals surface area contributed by atoms with Gasteiger partial charge in [0, 0.05) is 19.3 Å². The van der Waals surface area contributed by atoms with Gasteiger partial charge in [-0.3, -0.25) is 9.89 Å². The molecule has 0 radical (unpaired) electrons. The van der Waals surface area contributed by atoms with Crippen molar-refractivity contribution in [3.8, 4) is 0 Å². The average Bonchev–Trinajstić information content (AvgIpc) is 2.97. The van der Waals surface area contributed by atoms with Crippen molar-refractivity contribution in [1.29, 1.82) is 0 Å². The zero-order chi connectivity index (χ0) is 11.5. The molecule has 1 heterocycles. The highest BCUT2D eigenvalue weighted by molar-refractivity contribution is 5.93. The van der Waals surface area contributed by atoms with Crippen LogP contribution in [0.2, 0.25) is 0 Å². The van der Waals surface area contributed by atoms with Crippen LogP contribution < -0.4 is 5.73 Å². The van der Waals surface area contributed by atoms with E-state index in [2.05, 4.69) is 10.2 Å². The van der Waals surface area contributed by atoms with Crippen LogP contribution in [0.4, 0.5) is 0 Å². The van der Waals surface area contributed by atoms with Crippen molar-refractivity contribution < 1.29 is 4.79 Å². The molecule has 2 unspecified atom stereocenters. The first-order valence-electron chi connectivity index (χ1n) is 5.70. The molecule has 0 saturated heterocycles. The summed E-state index contributed by atoms with van der Waals surface area (Å²) in [6.07, 6.45) is 6.54. The summed E-state index contributed by atoms with van der Waals surface area (Å²) in [5.41, 5.74) is 6.34. The first-order chi connectivity index (χ1) is 7.74. The summed E-state index contributed by atoms with van der Waals surface area (Å²) in [6.45, 7) is 0.660. The minimum Gasteiger partial charge on any atom is -0.338 e. The van der Waals surface area contributed by atoms with Gasteiger partial charge in [0.2, 0.25) is 0 Å². The minimum absolute atomic E-state index is 0.0269. The van der Waals surface area contributed by atoms with Crippen LogP contribution in [-0.2, 0) is 0 Å². The van der Waals surface area contributed by atoms with Gasteiger partial charge in [-0.1, -0.05) is 6.42 Å². The monoisotopic (exact) mass is 222 g/mol. The quantitative estimate of drug-likeness (QED) is 0.786. The van der Waals surface area contributed by atoms with Gasteiger partial charge >= 0.3 is 0 Å². The Hall–Kier alpha value is -1.36. The summed E-state index contributed by atoms with van der Waals surface area (Å²) in [5.74, 6) is 0.472. The molecule has 0 aromatic carbocycles. The maximum absolute atomic E-state index is 12.1. The van der Waals surface area contributed by atoms with Crippen molar-refractivity contribution in [1.82, 2.24) is 15.1 Å². The molecule has 0 spiro atoms. The molecule has 1 aliphatic carbocycles. The van der Waals surface area contributed by atoms with Gasteiger partial charge in [-0.2, -0.15) is 5.10 Å². The second-order valence-corrected chi connectivity index (χ2v) is 4.40. The molecule has 2 rings (SSSR count). The van der Waals surface area contributed by atoms with Crippen LogP contribution >= 0.6 is 0 Å². The zero-order valence-corrected chi connectivity index (χ0v) is 9.52. The van der Waals surface area contributed by atoms with Crippen LogP contribution in [0, 0.1) is 5.92 Å². The maximum atomic E-state index is 12.1. The molecule has 0 bridgehead atoms. The summed E-state index contributed by atoms with van der Waals surface area (Å²) in [6, 6.07) is 0.285. The second kappa shape index (κ2) is 4.65. The van der Waals surface area contributed by atoms with E-state index in [0.29, 0.717) is 18.0 Å². The van der Waals surface area contributed by atoms with Gasteiger partial charge in [0.25, 0.3) is 5.91 Å². The molecule has 1 aromatic heterocycles. The molecule has 5 nitrogen and oxygen atoms in total.